The predicted molar refractivity (Wildman–Crippen MR) is 109 cm³/mol. The van der Waals surface area contributed by atoms with Crippen molar-refractivity contribution in [2.75, 3.05) is 32.9 Å². The number of nitrogens with zero attached hydrogens (tertiary/aromatic N) is 1. The molecule has 28 heavy (non-hydrogen) atoms. The lowest BCUT2D eigenvalue weighted by Gasteiger charge is -2.35. The van der Waals surface area contributed by atoms with Crippen molar-refractivity contribution in [3.63, 3.8) is 0 Å². The first-order valence-electron chi connectivity index (χ1n) is 9.97. The molecule has 0 unspecified atom stereocenters. The maximum atomic E-state index is 12.7. The Bertz CT molecular complexity index is 881. The van der Waals surface area contributed by atoms with Crippen LogP contribution in [0, 0.1) is 0 Å². The van der Waals surface area contributed by atoms with Crippen LogP contribution in [0.15, 0.2) is 42.5 Å². The van der Waals surface area contributed by atoms with Gasteiger partial charge in [-0.3, -0.25) is 4.79 Å². The van der Waals surface area contributed by atoms with E-state index in [1.54, 1.807) is 0 Å². The van der Waals surface area contributed by atoms with E-state index in [9.17, 15) is 4.79 Å². The molecule has 5 heteroatoms. The number of carbonyl (C=O) groups excluding carboxylic acids is 1. The SMILES string of the molecule is C[C@@H]1CN(C(=O)COc2ccc3ccccc3c2C2=CCOCC2)C[C@H](C)O1. The van der Waals surface area contributed by atoms with E-state index in [0.717, 1.165) is 23.1 Å². The predicted octanol–water partition coefficient (Wildman–Crippen LogP) is 3.66. The van der Waals surface area contributed by atoms with Gasteiger partial charge >= 0.3 is 0 Å². The highest BCUT2D eigenvalue weighted by molar-refractivity contribution is 5.96. The zero-order chi connectivity index (χ0) is 19.5. The van der Waals surface area contributed by atoms with Gasteiger partial charge in [-0.2, -0.15) is 0 Å². The Labute approximate surface area is 165 Å². The zero-order valence-electron chi connectivity index (χ0n) is 16.5. The summed E-state index contributed by atoms with van der Waals surface area (Å²) in [5.74, 6) is 0.761. The lowest BCUT2D eigenvalue weighted by molar-refractivity contribution is -0.145. The Morgan fingerprint density at radius 3 is 2.68 bits per heavy atom. The molecule has 2 aliphatic heterocycles. The fourth-order valence-corrected chi connectivity index (χ4v) is 4.07. The van der Waals surface area contributed by atoms with Gasteiger partial charge in [-0.1, -0.05) is 36.4 Å². The van der Waals surface area contributed by atoms with Crippen molar-refractivity contribution in [2.24, 2.45) is 0 Å². The molecule has 2 atom stereocenters. The van der Waals surface area contributed by atoms with Crippen molar-refractivity contribution < 1.29 is 19.0 Å². The van der Waals surface area contributed by atoms with Crippen LogP contribution in [0.1, 0.15) is 25.8 Å². The minimum atomic E-state index is 0.00191. The summed E-state index contributed by atoms with van der Waals surface area (Å²) in [6, 6.07) is 12.3. The number of ether oxygens (including phenoxy) is 3. The van der Waals surface area contributed by atoms with E-state index in [0.29, 0.717) is 26.3 Å². The molecule has 0 aromatic heterocycles. The third kappa shape index (κ3) is 4.05. The average Bonchev–Trinajstić information content (AvgIpc) is 2.71. The number of hydrogen-bond donors (Lipinski definition) is 0. The summed E-state index contributed by atoms with van der Waals surface area (Å²) in [5.41, 5.74) is 2.30. The molecule has 2 aliphatic rings. The molecule has 5 nitrogen and oxygen atoms in total. The molecule has 0 spiro atoms. The van der Waals surface area contributed by atoms with Crippen LogP contribution < -0.4 is 4.74 Å². The molecular weight excluding hydrogens is 354 g/mol. The van der Waals surface area contributed by atoms with E-state index >= 15 is 0 Å². The maximum absolute atomic E-state index is 12.7. The van der Waals surface area contributed by atoms with Gasteiger partial charge < -0.3 is 19.1 Å². The van der Waals surface area contributed by atoms with Crippen LogP contribution >= 0.6 is 0 Å². The van der Waals surface area contributed by atoms with Crippen LogP contribution in [-0.2, 0) is 14.3 Å². The third-order valence-electron chi connectivity index (χ3n) is 5.30. The van der Waals surface area contributed by atoms with Crippen molar-refractivity contribution >= 4 is 22.3 Å². The van der Waals surface area contributed by atoms with Gasteiger partial charge in [-0.05, 0) is 42.7 Å². The number of hydrogen-bond acceptors (Lipinski definition) is 4. The molecule has 0 radical (unpaired) electrons. The molecule has 2 heterocycles. The highest BCUT2D eigenvalue weighted by Gasteiger charge is 2.26. The molecule has 1 amide bonds. The van der Waals surface area contributed by atoms with Crippen molar-refractivity contribution in [3.8, 4) is 5.75 Å². The number of morpholine rings is 1. The Balaban J connectivity index is 1.58. The number of fused-ring (bicyclic) bond motifs is 1. The maximum Gasteiger partial charge on any atom is 0.260 e. The van der Waals surface area contributed by atoms with Gasteiger partial charge in [0.05, 0.1) is 25.4 Å². The zero-order valence-corrected chi connectivity index (χ0v) is 16.5. The van der Waals surface area contributed by atoms with Gasteiger partial charge in [0.1, 0.15) is 5.75 Å². The van der Waals surface area contributed by atoms with E-state index in [1.807, 2.05) is 36.9 Å². The first kappa shape index (κ1) is 19.0. The van der Waals surface area contributed by atoms with Gasteiger partial charge in [-0.15, -0.1) is 0 Å². The summed E-state index contributed by atoms with van der Waals surface area (Å²) in [4.78, 5) is 14.6. The summed E-state index contributed by atoms with van der Waals surface area (Å²) in [5, 5.41) is 2.31. The molecule has 2 aromatic rings. The number of benzene rings is 2. The second-order valence-electron chi connectivity index (χ2n) is 7.56. The van der Waals surface area contributed by atoms with Crippen molar-refractivity contribution in [1.82, 2.24) is 4.90 Å². The van der Waals surface area contributed by atoms with Crippen LogP contribution in [-0.4, -0.2) is 55.9 Å². The summed E-state index contributed by atoms with van der Waals surface area (Å²) in [6.45, 7) is 6.57. The molecule has 2 aromatic carbocycles. The second-order valence-corrected chi connectivity index (χ2v) is 7.56. The normalized spacial score (nSPS) is 22.8. The van der Waals surface area contributed by atoms with E-state index in [-0.39, 0.29) is 24.7 Å². The van der Waals surface area contributed by atoms with E-state index in [4.69, 9.17) is 14.2 Å². The molecule has 0 aliphatic carbocycles. The summed E-state index contributed by atoms with van der Waals surface area (Å²) in [7, 11) is 0. The fourth-order valence-electron chi connectivity index (χ4n) is 4.07. The van der Waals surface area contributed by atoms with Crippen molar-refractivity contribution in [3.05, 3.63) is 48.0 Å². The fraction of sp³-hybridized carbons (Fsp3) is 0.435. The Morgan fingerprint density at radius 1 is 1.14 bits per heavy atom. The van der Waals surface area contributed by atoms with E-state index in [1.165, 1.54) is 11.0 Å². The molecule has 1 saturated heterocycles. The standard InChI is InChI=1S/C23H27NO4/c1-16-13-24(14-17(2)28-16)22(25)15-27-21-8-7-18-5-3-4-6-20(18)23(21)19-9-11-26-12-10-19/h3-9,16-17H,10-15H2,1-2H3/t16-,17+. The lowest BCUT2D eigenvalue weighted by Crippen LogP contribution is -2.49. The van der Waals surface area contributed by atoms with Crippen molar-refractivity contribution in [1.29, 1.82) is 0 Å². The molecule has 0 bridgehead atoms. The minimum Gasteiger partial charge on any atom is -0.483 e. The van der Waals surface area contributed by atoms with Crippen LogP contribution in [0.5, 0.6) is 5.75 Å². The Morgan fingerprint density at radius 2 is 1.93 bits per heavy atom. The van der Waals surface area contributed by atoms with Crippen LogP contribution in [0.4, 0.5) is 0 Å². The van der Waals surface area contributed by atoms with Gasteiger partial charge in [0.2, 0.25) is 0 Å². The summed E-state index contributed by atoms with van der Waals surface area (Å²) in [6.07, 6.45) is 3.06. The van der Waals surface area contributed by atoms with Gasteiger partial charge in [0.25, 0.3) is 5.91 Å². The monoisotopic (exact) mass is 381 g/mol. The highest BCUT2D eigenvalue weighted by atomic mass is 16.5. The average molecular weight is 381 g/mol. The molecule has 0 saturated carbocycles. The summed E-state index contributed by atoms with van der Waals surface area (Å²) < 4.78 is 17.3. The smallest absolute Gasteiger partial charge is 0.260 e. The third-order valence-corrected chi connectivity index (χ3v) is 5.30. The first-order chi connectivity index (χ1) is 13.6. The Kier molecular flexibility index (Phi) is 5.64. The van der Waals surface area contributed by atoms with Crippen molar-refractivity contribution in [2.45, 2.75) is 32.5 Å². The second kappa shape index (κ2) is 8.33. The molecule has 0 N–H and O–H groups in total. The van der Waals surface area contributed by atoms with Crippen LogP contribution in [0.3, 0.4) is 0 Å². The highest BCUT2D eigenvalue weighted by Crippen LogP contribution is 2.36. The van der Waals surface area contributed by atoms with Crippen LogP contribution in [0.2, 0.25) is 0 Å². The molecular formula is C23H27NO4. The van der Waals surface area contributed by atoms with Gasteiger partial charge in [-0.25, -0.2) is 0 Å². The Hall–Kier alpha value is -2.37. The topological polar surface area (TPSA) is 48.0 Å². The molecule has 1 fully saturated rings. The largest absolute Gasteiger partial charge is 0.483 e. The van der Waals surface area contributed by atoms with Crippen LogP contribution in [0.25, 0.3) is 16.3 Å². The van der Waals surface area contributed by atoms with E-state index < -0.39 is 0 Å². The molecule has 148 valence electrons. The quantitative estimate of drug-likeness (QED) is 0.811. The minimum absolute atomic E-state index is 0.00191. The molecule has 4 rings (SSSR count). The number of carbonyl (C=O) groups is 1. The van der Waals surface area contributed by atoms with Gasteiger partial charge in [0, 0.05) is 18.7 Å². The number of amides is 1. The summed E-state index contributed by atoms with van der Waals surface area (Å²) >= 11 is 0. The van der Waals surface area contributed by atoms with E-state index in [2.05, 4.69) is 24.3 Å². The van der Waals surface area contributed by atoms with Gasteiger partial charge in [0.15, 0.2) is 6.61 Å². The number of rotatable bonds is 4. The lowest BCUT2D eigenvalue weighted by atomic mass is 9.94. The first-order valence-corrected chi connectivity index (χ1v) is 9.97.